The van der Waals surface area contributed by atoms with Crippen LogP contribution in [-0.2, 0) is 11.8 Å². The number of nitrogens with zero attached hydrogens (tertiary/aromatic N) is 6. The van der Waals surface area contributed by atoms with Gasteiger partial charge in [0.1, 0.15) is 5.76 Å². The van der Waals surface area contributed by atoms with Gasteiger partial charge < -0.3 is 9.84 Å². The summed E-state index contributed by atoms with van der Waals surface area (Å²) in [5.41, 5.74) is 4.39. The summed E-state index contributed by atoms with van der Waals surface area (Å²) in [6.07, 6.45) is 3.30. The molecular weight excluding hydrogens is 382 g/mol. The van der Waals surface area contributed by atoms with E-state index in [4.69, 9.17) is 4.52 Å². The molecule has 9 heteroatoms. The van der Waals surface area contributed by atoms with E-state index in [0.29, 0.717) is 11.5 Å². The highest BCUT2D eigenvalue weighted by atomic mass is 16.5. The normalized spacial score (nSPS) is 11.3. The van der Waals surface area contributed by atoms with E-state index >= 15 is 0 Å². The molecule has 0 radical (unpaired) electrons. The third kappa shape index (κ3) is 3.77. The van der Waals surface area contributed by atoms with Crippen LogP contribution in [0, 0.1) is 20.8 Å². The van der Waals surface area contributed by atoms with Gasteiger partial charge in [0.05, 0.1) is 0 Å². The second kappa shape index (κ2) is 7.78. The number of tetrazole rings is 1. The van der Waals surface area contributed by atoms with Gasteiger partial charge in [-0.05, 0) is 61.0 Å². The van der Waals surface area contributed by atoms with Crippen LogP contribution in [0.5, 0.6) is 0 Å². The molecule has 152 valence electrons. The minimum absolute atomic E-state index is 0.231. The lowest BCUT2D eigenvalue weighted by atomic mass is 10.2. The first-order chi connectivity index (χ1) is 14.4. The van der Waals surface area contributed by atoms with Crippen LogP contribution in [0.15, 0.2) is 47.0 Å². The number of hydrogen-bond donors (Lipinski definition) is 1. The molecule has 0 bridgehead atoms. The molecule has 1 N–H and O–H groups in total. The Morgan fingerprint density at radius 1 is 1.17 bits per heavy atom. The van der Waals surface area contributed by atoms with Gasteiger partial charge in [-0.2, -0.15) is 0 Å². The lowest BCUT2D eigenvalue weighted by molar-refractivity contribution is -0.111. The van der Waals surface area contributed by atoms with Crippen LogP contribution in [0.1, 0.15) is 22.7 Å². The smallest absolute Gasteiger partial charge is 0.248 e. The summed E-state index contributed by atoms with van der Waals surface area (Å²) in [6, 6.07) is 11.3. The largest absolute Gasteiger partial charge is 0.360 e. The van der Waals surface area contributed by atoms with Crippen LogP contribution in [0.25, 0.3) is 23.3 Å². The molecule has 1 amide bonds. The zero-order valence-corrected chi connectivity index (χ0v) is 17.1. The number of aromatic nitrogens is 6. The number of amides is 1. The average Bonchev–Trinajstić information content (AvgIpc) is 3.40. The van der Waals surface area contributed by atoms with Crippen molar-refractivity contribution in [1.82, 2.24) is 29.9 Å². The van der Waals surface area contributed by atoms with Gasteiger partial charge in [0.15, 0.2) is 11.6 Å². The Bertz CT molecular complexity index is 1250. The number of benzene rings is 1. The van der Waals surface area contributed by atoms with E-state index in [0.717, 1.165) is 34.1 Å². The molecule has 0 aliphatic heterocycles. The maximum atomic E-state index is 12.4. The summed E-state index contributed by atoms with van der Waals surface area (Å²) in [5.74, 6) is 1.86. The molecule has 4 aromatic rings. The van der Waals surface area contributed by atoms with Gasteiger partial charge in [-0.15, -0.1) is 5.10 Å². The van der Waals surface area contributed by atoms with Crippen LogP contribution >= 0.6 is 0 Å². The van der Waals surface area contributed by atoms with Gasteiger partial charge >= 0.3 is 0 Å². The molecule has 0 aliphatic carbocycles. The first-order valence-electron chi connectivity index (χ1n) is 9.37. The lowest BCUT2D eigenvalue weighted by Gasteiger charge is -2.05. The van der Waals surface area contributed by atoms with E-state index in [9.17, 15) is 4.79 Å². The van der Waals surface area contributed by atoms with Crippen molar-refractivity contribution in [2.24, 2.45) is 7.05 Å². The predicted octanol–water partition coefficient (Wildman–Crippen LogP) is 3.23. The monoisotopic (exact) mass is 403 g/mol. The molecule has 3 aromatic heterocycles. The number of hydrogen-bond acceptors (Lipinski definition) is 6. The van der Waals surface area contributed by atoms with Crippen molar-refractivity contribution in [1.29, 1.82) is 0 Å². The van der Waals surface area contributed by atoms with Gasteiger partial charge in [0.2, 0.25) is 5.91 Å². The molecule has 30 heavy (non-hydrogen) atoms. The fourth-order valence-corrected chi connectivity index (χ4v) is 3.33. The van der Waals surface area contributed by atoms with E-state index in [1.54, 1.807) is 17.8 Å². The van der Waals surface area contributed by atoms with Crippen molar-refractivity contribution in [3.63, 3.8) is 0 Å². The molecule has 0 aliphatic rings. The molecule has 0 saturated carbocycles. The molecular formula is C21H21N7O2. The standard InChI is InChI=1S/C21H21N7O2/c1-13-10-16(15(3)28(13)19-11-14(2)30-24-19)8-9-20(29)22-18-7-5-6-17(12-18)21-23-25-26-27(21)4/h5-12H,1-4H3,(H,22,29). The summed E-state index contributed by atoms with van der Waals surface area (Å²) in [4.78, 5) is 12.4. The molecule has 0 fully saturated rings. The minimum Gasteiger partial charge on any atom is -0.360 e. The van der Waals surface area contributed by atoms with Crippen LogP contribution in [0.4, 0.5) is 5.69 Å². The summed E-state index contributed by atoms with van der Waals surface area (Å²) in [7, 11) is 1.76. The Labute approximate surface area is 173 Å². The molecule has 0 spiro atoms. The topological polar surface area (TPSA) is 104 Å². The fraction of sp³-hybridized carbons (Fsp3) is 0.190. The molecule has 0 saturated heterocycles. The Hall–Kier alpha value is -4.01. The molecule has 0 atom stereocenters. The predicted molar refractivity (Wildman–Crippen MR) is 112 cm³/mol. The molecule has 1 aromatic carbocycles. The van der Waals surface area contributed by atoms with Crippen LogP contribution in [0.3, 0.4) is 0 Å². The van der Waals surface area contributed by atoms with Gasteiger partial charge in [0, 0.05) is 41.8 Å². The zero-order chi connectivity index (χ0) is 21.3. The number of anilines is 1. The summed E-state index contributed by atoms with van der Waals surface area (Å²) >= 11 is 0. The minimum atomic E-state index is -0.231. The highest BCUT2D eigenvalue weighted by molar-refractivity contribution is 6.02. The number of carbonyl (C=O) groups excluding carboxylic acids is 1. The maximum Gasteiger partial charge on any atom is 0.248 e. The van der Waals surface area contributed by atoms with Crippen molar-refractivity contribution >= 4 is 17.7 Å². The number of rotatable bonds is 5. The van der Waals surface area contributed by atoms with Crippen molar-refractivity contribution in [2.45, 2.75) is 20.8 Å². The Morgan fingerprint density at radius 2 is 2.00 bits per heavy atom. The number of nitrogens with one attached hydrogen (secondary N) is 1. The maximum absolute atomic E-state index is 12.4. The highest BCUT2D eigenvalue weighted by Crippen LogP contribution is 2.22. The van der Waals surface area contributed by atoms with E-state index in [1.807, 2.05) is 61.7 Å². The van der Waals surface area contributed by atoms with Gasteiger partial charge in [-0.25, -0.2) is 4.68 Å². The Morgan fingerprint density at radius 3 is 2.70 bits per heavy atom. The first kappa shape index (κ1) is 19.3. The zero-order valence-electron chi connectivity index (χ0n) is 17.1. The van der Waals surface area contributed by atoms with Crippen LogP contribution in [0.2, 0.25) is 0 Å². The quantitative estimate of drug-likeness (QED) is 0.513. The first-order valence-corrected chi connectivity index (χ1v) is 9.37. The van der Waals surface area contributed by atoms with Gasteiger partial charge in [-0.1, -0.05) is 17.3 Å². The summed E-state index contributed by atoms with van der Waals surface area (Å²) in [6.45, 7) is 5.82. The third-order valence-corrected chi connectivity index (χ3v) is 4.74. The Kier molecular flexibility index (Phi) is 5.01. The van der Waals surface area contributed by atoms with E-state index < -0.39 is 0 Å². The molecule has 0 unspecified atom stereocenters. The van der Waals surface area contributed by atoms with E-state index in [2.05, 4.69) is 26.0 Å². The molecule has 4 rings (SSSR count). The lowest BCUT2D eigenvalue weighted by Crippen LogP contribution is -2.08. The summed E-state index contributed by atoms with van der Waals surface area (Å²) in [5, 5.41) is 18.4. The van der Waals surface area contributed by atoms with E-state index in [-0.39, 0.29) is 5.91 Å². The van der Waals surface area contributed by atoms with Crippen LogP contribution < -0.4 is 5.32 Å². The molecule has 9 nitrogen and oxygen atoms in total. The number of carbonyl (C=O) groups is 1. The highest BCUT2D eigenvalue weighted by Gasteiger charge is 2.12. The molecule has 3 heterocycles. The average molecular weight is 403 g/mol. The van der Waals surface area contributed by atoms with Crippen molar-refractivity contribution in [3.05, 3.63) is 65.2 Å². The second-order valence-electron chi connectivity index (χ2n) is 6.99. The van der Waals surface area contributed by atoms with Crippen molar-refractivity contribution in [3.8, 4) is 17.2 Å². The van der Waals surface area contributed by atoms with Crippen molar-refractivity contribution < 1.29 is 9.32 Å². The fourth-order valence-electron chi connectivity index (χ4n) is 3.33. The summed E-state index contributed by atoms with van der Waals surface area (Å²) < 4.78 is 8.75. The Balaban J connectivity index is 1.51. The third-order valence-electron chi connectivity index (χ3n) is 4.74. The number of aryl methyl sites for hydroxylation is 3. The van der Waals surface area contributed by atoms with Crippen LogP contribution in [-0.4, -0.2) is 35.8 Å². The second-order valence-corrected chi connectivity index (χ2v) is 6.99. The van der Waals surface area contributed by atoms with Gasteiger partial charge in [0.25, 0.3) is 0 Å². The van der Waals surface area contributed by atoms with Crippen molar-refractivity contribution in [2.75, 3.05) is 5.32 Å². The van der Waals surface area contributed by atoms with Gasteiger partial charge in [-0.3, -0.25) is 9.36 Å². The van der Waals surface area contributed by atoms with E-state index in [1.165, 1.54) is 6.08 Å². The SMILES string of the molecule is Cc1cc(-n2c(C)cc(C=CC(=O)Nc3cccc(-c4nnnn4C)c3)c2C)no1.